The second-order valence-electron chi connectivity index (χ2n) is 29.2. The zero-order valence-corrected chi connectivity index (χ0v) is 66.6. The Bertz CT molecular complexity index is 4230. The molecule has 3 aliphatic rings. The third-order valence-corrected chi connectivity index (χ3v) is 21.7. The quantitative estimate of drug-likeness (QED) is 0.0247. The zero-order chi connectivity index (χ0) is 84.7. The number of nitrogens with one attached hydrogen (secondary N) is 11. The molecule has 18 N–H and O–H groups in total. The minimum atomic E-state index is -2.52. The predicted octanol–water partition coefficient (Wildman–Crippen LogP) is -2.63. The number of carbonyl (C=O) groups is 15. The number of fused-ring (bicyclic) bond motifs is 5. The van der Waals surface area contributed by atoms with Crippen LogP contribution in [0.4, 0.5) is 20.1 Å². The number of H-pyrrole nitrogens is 1. The SMILES string of the molecule is CCc1nnn(CCCC(=O)N[C@H](C(=O)N[C@@H](CCCNC(N)=O)C(=O)Nc2ccc(COC(=O)N(C)CCN(C)C(=O)Oc3ccc4c5c([nH]c4c3)S(=O)C[C@@H]3NC(=O)CNC(=O)[C@H]([C@@H](C)CC)NC(=O)CNC(=O)[C@@H](C5)NC(=O)[C@H]([C@@H](C)[C@@H](O)CO)NC(=O)[C@@H]4C[C@@H](O)CN4C(=O)[C@H](CC(N)=O)CC3=O)cc2)C(C)C)c1CC. The van der Waals surface area contributed by atoms with Crippen molar-refractivity contribution in [3.05, 3.63) is 65.0 Å². The summed E-state index contributed by atoms with van der Waals surface area (Å²) in [6.07, 6.45) is -5.07. The first-order chi connectivity index (χ1) is 54.5. The molecule has 2 aromatic carbocycles. The first kappa shape index (κ1) is 91.0. The van der Waals surface area contributed by atoms with E-state index in [1.165, 1.54) is 44.1 Å². The van der Waals surface area contributed by atoms with Gasteiger partial charge < -0.3 is 109 Å². The van der Waals surface area contributed by atoms with Crippen molar-refractivity contribution in [2.75, 3.05) is 71.0 Å². The lowest BCUT2D eigenvalue weighted by molar-refractivity contribution is -0.145. The number of benzene rings is 2. The van der Waals surface area contributed by atoms with Crippen LogP contribution in [0.3, 0.4) is 0 Å². The van der Waals surface area contributed by atoms with Gasteiger partial charge in [-0.1, -0.05) is 72.2 Å². The molecule has 630 valence electrons. The highest BCUT2D eigenvalue weighted by Crippen LogP contribution is 2.32. The molecule has 7 rings (SSSR count). The molecule has 1 fully saturated rings. The number of Topliss-reactive ketones (excluding diaryl/α,β-unsaturated/α-hetero) is 1. The van der Waals surface area contributed by atoms with E-state index in [1.54, 1.807) is 56.6 Å². The van der Waals surface area contributed by atoms with E-state index in [9.17, 15) is 87.2 Å². The molecule has 2 aromatic heterocycles. The van der Waals surface area contributed by atoms with E-state index >= 15 is 4.21 Å². The number of anilines is 1. The molecule has 1 unspecified atom stereocenters. The number of aryl methyl sites for hydroxylation is 2. The number of hydrogen-bond acceptors (Lipinski definition) is 23. The number of amides is 15. The van der Waals surface area contributed by atoms with Crippen LogP contribution >= 0.6 is 0 Å². The maximum absolute atomic E-state index is 15.3. The Morgan fingerprint density at radius 1 is 0.774 bits per heavy atom. The van der Waals surface area contributed by atoms with Crippen molar-refractivity contribution in [1.29, 1.82) is 0 Å². The number of hydrogen-bond donors (Lipinski definition) is 16. The van der Waals surface area contributed by atoms with Crippen molar-refractivity contribution >= 4 is 116 Å². The van der Waals surface area contributed by atoms with E-state index in [0.717, 1.165) is 34.0 Å². The maximum Gasteiger partial charge on any atom is 0.415 e. The average Bonchev–Trinajstić information content (AvgIpc) is 1.65. The average molecular weight is 1630 g/mol. The van der Waals surface area contributed by atoms with E-state index in [1.807, 2.05) is 13.8 Å². The second-order valence-corrected chi connectivity index (χ2v) is 30.6. The molecule has 15 amide bonds. The van der Waals surface area contributed by atoms with Crippen LogP contribution in [0.5, 0.6) is 5.75 Å². The number of rotatable bonds is 29. The van der Waals surface area contributed by atoms with Gasteiger partial charge in [-0.25, -0.2) is 19.1 Å². The van der Waals surface area contributed by atoms with Gasteiger partial charge in [0, 0.05) is 102 Å². The Hall–Kier alpha value is -11.2. The summed E-state index contributed by atoms with van der Waals surface area (Å²) in [7, 11) is 0.263. The van der Waals surface area contributed by atoms with Crippen LogP contribution in [0.1, 0.15) is 122 Å². The molecule has 2 bridgehead atoms. The smallest absolute Gasteiger partial charge is 0.415 e. The first-order valence-electron chi connectivity index (χ1n) is 38.2. The summed E-state index contributed by atoms with van der Waals surface area (Å²) in [6, 6.07) is -1.08. The van der Waals surface area contributed by atoms with Gasteiger partial charge >= 0.3 is 18.2 Å². The third-order valence-electron chi connectivity index (χ3n) is 20.2. The summed E-state index contributed by atoms with van der Waals surface area (Å²) < 4.78 is 28.4. The van der Waals surface area contributed by atoms with Crippen molar-refractivity contribution in [2.45, 2.75) is 192 Å². The van der Waals surface area contributed by atoms with Gasteiger partial charge in [-0.2, -0.15) is 0 Å². The number of nitrogens with zero attached hydrogens (tertiary/aromatic N) is 6. The van der Waals surface area contributed by atoms with E-state index in [2.05, 4.69) is 68.5 Å². The Balaban J connectivity index is 1.07. The van der Waals surface area contributed by atoms with Gasteiger partial charge in [-0.3, -0.25) is 61.7 Å². The van der Waals surface area contributed by atoms with Crippen LogP contribution in [0.25, 0.3) is 10.9 Å². The number of urea groups is 1. The number of carbonyl (C=O) groups excluding carboxylic acids is 15. The van der Waals surface area contributed by atoms with Gasteiger partial charge in [0.15, 0.2) is 5.78 Å². The molecule has 5 heterocycles. The normalized spacial score (nSPS) is 21.4. The van der Waals surface area contributed by atoms with Crippen LogP contribution < -0.4 is 69.4 Å². The highest BCUT2D eigenvalue weighted by molar-refractivity contribution is 7.85. The molecule has 1 saturated heterocycles. The lowest BCUT2D eigenvalue weighted by atomic mass is 9.93. The molecule has 40 nitrogen and oxygen atoms in total. The molecule has 0 radical (unpaired) electrons. The molecular weight excluding hydrogens is 1520 g/mol. The standard InChI is InChI=1S/C74H107N19O21S/c1-10-39(6)62-67(105)79-32-59(100)81-52-37-115(112)70-47(31-51(64(102)78-33-60(101)86-62)83-69(107)63(40(7)56(97)35-94)87-66(104)54-29-44(95)34-92(54)71(108)42(27-55(52)96)28-57(75)98)46-22-21-45(30-50(46)84-70)114-74(111)91(9)26-25-90(8)73(110)113-36-41-17-19-43(20-18-41)80-65(103)49(15-13-23-77-72(76)109)82-68(106)61(38(4)5)85-58(99)16-14-24-93-53(12-3)48(11-2)88-89-93/h17-22,30,38-40,42,44,49,51-52,54,56,61-63,84,94-95,97H,10-16,23-29,31-37H2,1-9H3,(H2,75,98)(H,78,102)(H,79,105)(H,80,103)(H,81,100)(H,82,106)(H,83,107)(H,85,99)(H,86,101)(H,87,104)(H3,76,77,109)/t39-,40-,42-,44+,49-,51+,52-,54-,56-,61-,62-,63-,115?/m0/s1. The Labute approximate surface area is 665 Å². The molecule has 0 saturated carbocycles. The minimum Gasteiger partial charge on any atom is -0.445 e. The summed E-state index contributed by atoms with van der Waals surface area (Å²) in [4.78, 5) is 213. The van der Waals surface area contributed by atoms with Gasteiger partial charge in [-0.05, 0) is 79.3 Å². The largest absolute Gasteiger partial charge is 0.445 e. The van der Waals surface area contributed by atoms with Gasteiger partial charge in [0.2, 0.25) is 65.0 Å². The Morgan fingerprint density at radius 2 is 1.45 bits per heavy atom. The highest BCUT2D eigenvalue weighted by Gasteiger charge is 2.46. The lowest BCUT2D eigenvalue weighted by Gasteiger charge is -2.32. The van der Waals surface area contributed by atoms with Crippen LogP contribution in [0.15, 0.2) is 47.5 Å². The lowest BCUT2D eigenvalue weighted by Crippen LogP contribution is -2.61. The third kappa shape index (κ3) is 25.6. The number of likely N-dealkylation sites (N-methyl/N-ethyl adjacent to an activating group) is 2. The molecule has 3 aliphatic heterocycles. The number of ketones is 1. The van der Waals surface area contributed by atoms with E-state index in [4.69, 9.17) is 20.9 Å². The maximum atomic E-state index is 15.3. The molecular formula is C74H107N19O21S. The summed E-state index contributed by atoms with van der Waals surface area (Å²) in [6.45, 7) is 9.07. The van der Waals surface area contributed by atoms with Gasteiger partial charge in [0.05, 0.1) is 77.3 Å². The fourth-order valence-corrected chi connectivity index (χ4v) is 14.7. The number of aliphatic hydroxyl groups is 3. The van der Waals surface area contributed by atoms with Crippen molar-refractivity contribution in [1.82, 2.24) is 82.5 Å². The minimum absolute atomic E-state index is 0.0173. The van der Waals surface area contributed by atoms with Crippen molar-refractivity contribution in [3.8, 4) is 5.75 Å². The zero-order valence-electron chi connectivity index (χ0n) is 65.8. The van der Waals surface area contributed by atoms with Gasteiger partial charge in [0.1, 0.15) is 53.6 Å². The van der Waals surface area contributed by atoms with E-state index in [0.29, 0.717) is 30.6 Å². The van der Waals surface area contributed by atoms with E-state index < -0.39 is 224 Å². The van der Waals surface area contributed by atoms with Gasteiger partial charge in [0.25, 0.3) is 0 Å². The molecule has 4 aromatic rings. The molecule has 0 aliphatic carbocycles. The number of aromatic nitrogens is 4. The van der Waals surface area contributed by atoms with E-state index in [-0.39, 0.29) is 84.6 Å². The molecule has 115 heavy (non-hydrogen) atoms. The summed E-state index contributed by atoms with van der Waals surface area (Å²) in [5, 5.41) is 66.1. The fourth-order valence-electron chi connectivity index (χ4n) is 13.3. The first-order valence-corrected chi connectivity index (χ1v) is 39.5. The number of primary amides is 2. The van der Waals surface area contributed by atoms with Crippen molar-refractivity contribution in [2.24, 2.45) is 35.1 Å². The van der Waals surface area contributed by atoms with Crippen LogP contribution in [0.2, 0.25) is 0 Å². The predicted molar refractivity (Wildman–Crippen MR) is 412 cm³/mol. The Morgan fingerprint density at radius 3 is 2.10 bits per heavy atom. The van der Waals surface area contributed by atoms with Crippen LogP contribution in [-0.2, 0) is 105 Å². The number of ether oxygens (including phenoxy) is 2. The molecule has 13 atom stereocenters. The van der Waals surface area contributed by atoms with Crippen molar-refractivity contribution in [3.63, 3.8) is 0 Å². The van der Waals surface area contributed by atoms with Crippen molar-refractivity contribution < 1.29 is 101 Å². The number of aliphatic hydroxyl groups excluding tert-OH is 3. The highest BCUT2D eigenvalue weighted by atomic mass is 32.2. The summed E-state index contributed by atoms with van der Waals surface area (Å²) >= 11 is 0. The molecule has 41 heteroatoms. The van der Waals surface area contributed by atoms with Gasteiger partial charge in [-0.15, -0.1) is 5.10 Å². The van der Waals surface area contributed by atoms with Crippen LogP contribution in [-0.4, -0.2) is 263 Å². The Kier molecular flexibility index (Phi) is 33.8. The second kappa shape index (κ2) is 42.8. The summed E-state index contributed by atoms with van der Waals surface area (Å²) in [5.74, 6) is -15.9. The van der Waals surface area contributed by atoms with Crippen LogP contribution in [0, 0.1) is 23.7 Å². The summed E-state index contributed by atoms with van der Waals surface area (Å²) in [5.41, 5.74) is 13.6. The molecule has 0 spiro atoms. The monoisotopic (exact) mass is 1630 g/mol. The number of nitrogens with two attached hydrogens (primary N) is 2. The number of aromatic amines is 1. The fraction of sp³-hybridized carbons (Fsp3) is 0.581. The topological polar surface area (TPSA) is 581 Å².